The number of hydrogen-bond donors (Lipinski definition) is 1. The number of amides is 1. The molecular formula is C17H14N6OS. The molecule has 2 heterocycles. The molecular weight excluding hydrogens is 336 g/mol. The van der Waals surface area contributed by atoms with Gasteiger partial charge in [-0.15, -0.1) is 5.10 Å². The van der Waals surface area contributed by atoms with Crippen LogP contribution in [0.1, 0.15) is 5.56 Å². The number of nitrogens with one attached hydrogen (secondary N) is 1. The summed E-state index contributed by atoms with van der Waals surface area (Å²) in [5.41, 5.74) is 2.88. The van der Waals surface area contributed by atoms with Crippen LogP contribution < -0.4 is 5.32 Å². The molecule has 2 aromatic carbocycles. The molecule has 8 heteroatoms. The summed E-state index contributed by atoms with van der Waals surface area (Å²) >= 11 is 1.44. The Morgan fingerprint density at radius 1 is 1.16 bits per heavy atom. The molecule has 0 spiro atoms. The van der Waals surface area contributed by atoms with E-state index in [0.717, 1.165) is 21.3 Å². The highest BCUT2D eigenvalue weighted by Gasteiger charge is 2.14. The molecule has 25 heavy (non-hydrogen) atoms. The summed E-state index contributed by atoms with van der Waals surface area (Å²) in [6.07, 6.45) is 0. The molecule has 0 fully saturated rings. The third-order valence-electron chi connectivity index (χ3n) is 3.68. The van der Waals surface area contributed by atoms with Crippen molar-refractivity contribution < 1.29 is 4.79 Å². The fourth-order valence-electron chi connectivity index (χ4n) is 2.44. The maximum atomic E-state index is 12.3. The van der Waals surface area contributed by atoms with Crippen LogP contribution in [0.5, 0.6) is 0 Å². The molecule has 4 aromatic rings. The molecule has 0 aliphatic heterocycles. The van der Waals surface area contributed by atoms with Gasteiger partial charge in [0, 0.05) is 5.56 Å². The minimum atomic E-state index is -0.222. The Hall–Kier alpha value is -3.13. The van der Waals surface area contributed by atoms with E-state index in [9.17, 15) is 4.79 Å². The molecule has 0 saturated heterocycles. The number of thiazole rings is 1. The van der Waals surface area contributed by atoms with E-state index in [1.165, 1.54) is 16.0 Å². The third-order valence-corrected chi connectivity index (χ3v) is 4.63. The Morgan fingerprint density at radius 3 is 2.76 bits per heavy atom. The van der Waals surface area contributed by atoms with Gasteiger partial charge in [-0.1, -0.05) is 53.3 Å². The predicted molar refractivity (Wildman–Crippen MR) is 96.2 cm³/mol. The van der Waals surface area contributed by atoms with Gasteiger partial charge < -0.3 is 5.32 Å². The van der Waals surface area contributed by atoms with Crippen LogP contribution in [0.3, 0.4) is 0 Å². The molecule has 0 aliphatic rings. The highest BCUT2D eigenvalue weighted by Crippen LogP contribution is 2.25. The van der Waals surface area contributed by atoms with E-state index in [0.29, 0.717) is 11.0 Å². The van der Waals surface area contributed by atoms with Gasteiger partial charge in [-0.05, 0) is 29.5 Å². The van der Waals surface area contributed by atoms with Gasteiger partial charge in [0.05, 0.1) is 10.2 Å². The highest BCUT2D eigenvalue weighted by atomic mass is 32.1. The number of nitrogens with zero attached hydrogens (tertiary/aromatic N) is 5. The molecule has 1 N–H and O–H groups in total. The maximum absolute atomic E-state index is 12.3. The number of benzene rings is 2. The van der Waals surface area contributed by atoms with Crippen molar-refractivity contribution in [2.45, 2.75) is 13.5 Å². The first kappa shape index (κ1) is 15.4. The number of para-hydroxylation sites is 1. The van der Waals surface area contributed by atoms with Gasteiger partial charge in [0.1, 0.15) is 6.54 Å². The van der Waals surface area contributed by atoms with E-state index >= 15 is 0 Å². The first-order valence-electron chi connectivity index (χ1n) is 7.68. The second kappa shape index (κ2) is 6.40. The fraction of sp³-hybridized carbons (Fsp3) is 0.118. The van der Waals surface area contributed by atoms with Crippen LogP contribution in [-0.2, 0) is 11.3 Å². The summed E-state index contributed by atoms with van der Waals surface area (Å²) < 4.78 is 2.51. The van der Waals surface area contributed by atoms with E-state index < -0.39 is 0 Å². The van der Waals surface area contributed by atoms with E-state index in [4.69, 9.17) is 0 Å². The summed E-state index contributed by atoms with van der Waals surface area (Å²) in [6, 6.07) is 15.6. The second-order valence-corrected chi connectivity index (χ2v) is 6.59. The largest absolute Gasteiger partial charge is 0.300 e. The zero-order valence-electron chi connectivity index (χ0n) is 13.4. The SMILES string of the molecule is Cc1ccc(-c2nnnn2CC(=O)Nc2nc3ccccc3s2)cc1. The van der Waals surface area contributed by atoms with Crippen molar-refractivity contribution in [3.8, 4) is 11.4 Å². The molecule has 0 unspecified atom stereocenters. The number of rotatable bonds is 4. The second-order valence-electron chi connectivity index (χ2n) is 5.56. The molecule has 0 bridgehead atoms. The van der Waals surface area contributed by atoms with Gasteiger partial charge in [0.2, 0.25) is 5.91 Å². The summed E-state index contributed by atoms with van der Waals surface area (Å²) in [5, 5.41) is 15.0. The first-order chi connectivity index (χ1) is 12.2. The van der Waals surface area contributed by atoms with Crippen molar-refractivity contribution >= 4 is 32.6 Å². The molecule has 4 rings (SSSR count). The van der Waals surface area contributed by atoms with Gasteiger partial charge in [-0.3, -0.25) is 4.79 Å². The van der Waals surface area contributed by atoms with Gasteiger partial charge in [-0.2, -0.15) is 0 Å². The van der Waals surface area contributed by atoms with Crippen LogP contribution in [0.4, 0.5) is 5.13 Å². The molecule has 1 amide bonds. The van der Waals surface area contributed by atoms with E-state index in [1.54, 1.807) is 0 Å². The normalized spacial score (nSPS) is 10.9. The number of anilines is 1. The Labute approximate surface area is 147 Å². The molecule has 2 aromatic heterocycles. The predicted octanol–water partition coefficient (Wildman–Crippen LogP) is 2.90. The zero-order valence-corrected chi connectivity index (χ0v) is 14.2. The Bertz CT molecular complexity index is 1000. The van der Waals surface area contributed by atoms with Crippen molar-refractivity contribution in [3.63, 3.8) is 0 Å². The third kappa shape index (κ3) is 3.24. The Morgan fingerprint density at radius 2 is 1.96 bits per heavy atom. The topological polar surface area (TPSA) is 85.6 Å². The van der Waals surface area contributed by atoms with Crippen LogP contribution in [0.15, 0.2) is 48.5 Å². The van der Waals surface area contributed by atoms with Crippen LogP contribution in [0.25, 0.3) is 21.6 Å². The van der Waals surface area contributed by atoms with Crippen molar-refractivity contribution in [2.75, 3.05) is 5.32 Å². The quantitative estimate of drug-likeness (QED) is 0.612. The number of aryl methyl sites for hydroxylation is 1. The van der Waals surface area contributed by atoms with E-state index in [-0.39, 0.29) is 12.5 Å². The lowest BCUT2D eigenvalue weighted by molar-refractivity contribution is -0.116. The number of hydrogen-bond acceptors (Lipinski definition) is 6. The fourth-order valence-corrected chi connectivity index (χ4v) is 3.32. The molecule has 0 aliphatic carbocycles. The zero-order chi connectivity index (χ0) is 17.2. The maximum Gasteiger partial charge on any atom is 0.248 e. The number of carbonyl (C=O) groups excluding carboxylic acids is 1. The summed E-state index contributed by atoms with van der Waals surface area (Å²) in [7, 11) is 0. The van der Waals surface area contributed by atoms with Gasteiger partial charge in [0.15, 0.2) is 11.0 Å². The molecule has 0 atom stereocenters. The standard InChI is InChI=1S/C17H14N6OS/c1-11-6-8-12(9-7-11)16-20-21-22-23(16)10-15(24)19-17-18-13-4-2-3-5-14(13)25-17/h2-9H,10H2,1H3,(H,18,19,24). The van der Waals surface area contributed by atoms with Crippen molar-refractivity contribution in [3.05, 3.63) is 54.1 Å². The number of tetrazole rings is 1. The Balaban J connectivity index is 1.51. The number of fused-ring (bicyclic) bond motifs is 1. The molecule has 124 valence electrons. The van der Waals surface area contributed by atoms with Crippen molar-refractivity contribution in [1.29, 1.82) is 0 Å². The Kier molecular flexibility index (Phi) is 3.95. The van der Waals surface area contributed by atoms with Crippen LogP contribution in [-0.4, -0.2) is 31.1 Å². The average molecular weight is 350 g/mol. The van der Waals surface area contributed by atoms with Crippen LogP contribution in [0.2, 0.25) is 0 Å². The van der Waals surface area contributed by atoms with Crippen molar-refractivity contribution in [2.24, 2.45) is 0 Å². The minimum Gasteiger partial charge on any atom is -0.300 e. The smallest absolute Gasteiger partial charge is 0.248 e. The monoisotopic (exact) mass is 350 g/mol. The van der Waals surface area contributed by atoms with Gasteiger partial charge >= 0.3 is 0 Å². The summed E-state index contributed by atoms with van der Waals surface area (Å²) in [6.45, 7) is 2.03. The van der Waals surface area contributed by atoms with Gasteiger partial charge in [-0.25, -0.2) is 9.67 Å². The van der Waals surface area contributed by atoms with E-state index in [1.807, 2.05) is 55.5 Å². The first-order valence-corrected chi connectivity index (χ1v) is 8.49. The number of carbonyl (C=O) groups is 1. The lowest BCUT2D eigenvalue weighted by Crippen LogP contribution is -2.20. The number of aromatic nitrogens is 5. The average Bonchev–Trinajstić information content (AvgIpc) is 3.21. The summed E-state index contributed by atoms with van der Waals surface area (Å²) in [5.74, 6) is 0.333. The highest BCUT2D eigenvalue weighted by molar-refractivity contribution is 7.22. The lowest BCUT2D eigenvalue weighted by atomic mass is 10.1. The molecule has 7 nitrogen and oxygen atoms in total. The van der Waals surface area contributed by atoms with Gasteiger partial charge in [0.25, 0.3) is 0 Å². The molecule has 0 saturated carbocycles. The van der Waals surface area contributed by atoms with Crippen molar-refractivity contribution in [1.82, 2.24) is 25.2 Å². The van der Waals surface area contributed by atoms with E-state index in [2.05, 4.69) is 25.8 Å². The lowest BCUT2D eigenvalue weighted by Gasteiger charge is -2.05. The van der Waals surface area contributed by atoms with Crippen LogP contribution in [0, 0.1) is 6.92 Å². The summed E-state index contributed by atoms with van der Waals surface area (Å²) in [4.78, 5) is 16.7. The molecule has 0 radical (unpaired) electrons. The minimum absolute atomic E-state index is 0.0200. The van der Waals surface area contributed by atoms with Crippen LogP contribution >= 0.6 is 11.3 Å².